The maximum absolute atomic E-state index is 13.0. The molecule has 5 nitrogen and oxygen atoms in total. The fourth-order valence-corrected chi connectivity index (χ4v) is 4.23. The van der Waals surface area contributed by atoms with E-state index in [-0.39, 0.29) is 24.5 Å². The van der Waals surface area contributed by atoms with Gasteiger partial charge >= 0.3 is 0 Å². The molecule has 0 radical (unpaired) electrons. The Morgan fingerprint density at radius 1 is 1.14 bits per heavy atom. The number of nitrogens with zero attached hydrogens (tertiary/aromatic N) is 2. The molecule has 1 fully saturated rings. The molecule has 3 rings (SSSR count). The Hall–Kier alpha value is -2.34. The molecule has 0 saturated carbocycles. The molecule has 0 bridgehead atoms. The number of benzene rings is 1. The lowest BCUT2D eigenvalue weighted by Crippen LogP contribution is -2.38. The zero-order valence-corrected chi connectivity index (χ0v) is 17.6. The minimum absolute atomic E-state index is 0.0113. The lowest BCUT2D eigenvalue weighted by atomic mass is 10.1. The molecule has 150 valence electrons. The molecule has 6 heteroatoms. The number of piperidine rings is 1. The van der Waals surface area contributed by atoms with Crippen molar-refractivity contribution in [3.63, 3.8) is 0 Å². The van der Waals surface area contributed by atoms with Gasteiger partial charge in [0.05, 0.1) is 0 Å². The third-order valence-corrected chi connectivity index (χ3v) is 6.26. The summed E-state index contributed by atoms with van der Waals surface area (Å²) in [5.41, 5.74) is 1.03. The van der Waals surface area contributed by atoms with Gasteiger partial charge < -0.3 is 14.5 Å². The van der Waals surface area contributed by atoms with Crippen molar-refractivity contribution in [3.05, 3.63) is 41.3 Å². The SMILES string of the molecule is CC(C)N(C)C(=O)c1sc(-c2ccccc2)cc1OCC(=O)N1CCCCC1. The highest BCUT2D eigenvalue weighted by atomic mass is 32.1. The molecule has 0 spiro atoms. The van der Waals surface area contributed by atoms with Crippen LogP contribution in [-0.4, -0.2) is 54.4 Å². The molecule has 1 aromatic carbocycles. The Labute approximate surface area is 170 Å². The third kappa shape index (κ3) is 4.73. The molecule has 0 N–H and O–H groups in total. The number of ether oxygens (including phenoxy) is 1. The summed E-state index contributed by atoms with van der Waals surface area (Å²) in [4.78, 5) is 30.5. The standard InChI is InChI=1S/C22H28N2O3S/c1-16(2)23(3)22(26)21-18(14-19(28-21)17-10-6-4-7-11-17)27-15-20(25)24-12-8-5-9-13-24/h4,6-7,10-11,14,16H,5,8-9,12-13,15H2,1-3H3. The number of rotatable bonds is 6. The molecule has 2 heterocycles. The summed E-state index contributed by atoms with van der Waals surface area (Å²) in [6.07, 6.45) is 3.27. The van der Waals surface area contributed by atoms with Crippen LogP contribution in [0.1, 0.15) is 42.8 Å². The van der Waals surface area contributed by atoms with Gasteiger partial charge in [-0.1, -0.05) is 30.3 Å². The van der Waals surface area contributed by atoms with Gasteiger partial charge in [-0.25, -0.2) is 0 Å². The molecule has 0 unspecified atom stereocenters. The summed E-state index contributed by atoms with van der Waals surface area (Å²) in [5, 5.41) is 0. The minimum atomic E-state index is -0.0809. The summed E-state index contributed by atoms with van der Waals surface area (Å²) >= 11 is 1.41. The van der Waals surface area contributed by atoms with Gasteiger partial charge in [-0.15, -0.1) is 11.3 Å². The van der Waals surface area contributed by atoms with E-state index < -0.39 is 0 Å². The van der Waals surface area contributed by atoms with Crippen LogP contribution in [0.4, 0.5) is 0 Å². The van der Waals surface area contributed by atoms with Crippen LogP contribution in [0.15, 0.2) is 36.4 Å². The first-order valence-electron chi connectivity index (χ1n) is 9.84. The molecule has 0 atom stereocenters. The molecule has 28 heavy (non-hydrogen) atoms. The van der Waals surface area contributed by atoms with Crippen molar-refractivity contribution in [3.8, 4) is 16.2 Å². The minimum Gasteiger partial charge on any atom is -0.482 e. The van der Waals surface area contributed by atoms with Crippen molar-refractivity contribution in [2.45, 2.75) is 39.2 Å². The fourth-order valence-electron chi connectivity index (χ4n) is 3.14. The molecule has 2 amide bonds. The van der Waals surface area contributed by atoms with E-state index in [4.69, 9.17) is 4.74 Å². The van der Waals surface area contributed by atoms with E-state index in [2.05, 4.69) is 0 Å². The average molecular weight is 401 g/mol. The van der Waals surface area contributed by atoms with Gasteiger partial charge in [0.2, 0.25) is 0 Å². The number of carbonyl (C=O) groups is 2. The predicted octanol–water partition coefficient (Wildman–Crippen LogP) is 4.29. The summed E-state index contributed by atoms with van der Waals surface area (Å²) in [6.45, 7) is 5.51. The zero-order chi connectivity index (χ0) is 20.1. The van der Waals surface area contributed by atoms with Crippen LogP contribution in [0.2, 0.25) is 0 Å². The third-order valence-electron chi connectivity index (χ3n) is 5.11. The van der Waals surface area contributed by atoms with Crippen molar-refractivity contribution in [1.29, 1.82) is 0 Å². The van der Waals surface area contributed by atoms with E-state index >= 15 is 0 Å². The van der Waals surface area contributed by atoms with Crippen molar-refractivity contribution in [1.82, 2.24) is 9.80 Å². The van der Waals surface area contributed by atoms with Crippen LogP contribution in [-0.2, 0) is 4.79 Å². The van der Waals surface area contributed by atoms with E-state index in [9.17, 15) is 9.59 Å². The normalized spacial score (nSPS) is 14.2. The van der Waals surface area contributed by atoms with Gasteiger partial charge in [-0.05, 0) is 44.7 Å². The maximum atomic E-state index is 13.0. The second kappa shape index (κ2) is 9.24. The van der Waals surface area contributed by atoms with Gasteiger partial charge in [0.25, 0.3) is 11.8 Å². The first-order chi connectivity index (χ1) is 13.5. The van der Waals surface area contributed by atoms with Gasteiger partial charge in [0, 0.05) is 31.1 Å². The highest BCUT2D eigenvalue weighted by molar-refractivity contribution is 7.17. The number of hydrogen-bond acceptors (Lipinski definition) is 4. The Morgan fingerprint density at radius 2 is 1.82 bits per heavy atom. The van der Waals surface area contributed by atoms with Gasteiger partial charge in [0.15, 0.2) is 6.61 Å². The number of likely N-dealkylation sites (tertiary alicyclic amines) is 1. The van der Waals surface area contributed by atoms with Crippen molar-refractivity contribution in [2.75, 3.05) is 26.7 Å². The predicted molar refractivity (Wildman–Crippen MR) is 113 cm³/mol. The highest BCUT2D eigenvalue weighted by Crippen LogP contribution is 2.37. The van der Waals surface area contributed by atoms with E-state index in [1.165, 1.54) is 17.8 Å². The maximum Gasteiger partial charge on any atom is 0.267 e. The molecule has 1 aliphatic rings. The van der Waals surface area contributed by atoms with Crippen LogP contribution in [0.25, 0.3) is 10.4 Å². The van der Waals surface area contributed by atoms with E-state index in [0.717, 1.165) is 36.4 Å². The first kappa shape index (κ1) is 20.4. The Morgan fingerprint density at radius 3 is 2.46 bits per heavy atom. The van der Waals surface area contributed by atoms with Crippen molar-refractivity contribution < 1.29 is 14.3 Å². The van der Waals surface area contributed by atoms with Crippen LogP contribution in [0, 0.1) is 0 Å². The zero-order valence-electron chi connectivity index (χ0n) is 16.8. The number of thiophene rings is 1. The Bertz CT molecular complexity index is 810. The quantitative estimate of drug-likeness (QED) is 0.727. The molecule has 1 aromatic heterocycles. The molecular weight excluding hydrogens is 372 g/mol. The molecule has 0 aliphatic carbocycles. The largest absolute Gasteiger partial charge is 0.482 e. The monoisotopic (exact) mass is 400 g/mol. The Balaban J connectivity index is 1.82. The molecule has 1 saturated heterocycles. The average Bonchev–Trinajstić information content (AvgIpc) is 3.16. The van der Waals surface area contributed by atoms with E-state index in [0.29, 0.717) is 10.6 Å². The second-order valence-electron chi connectivity index (χ2n) is 7.41. The topological polar surface area (TPSA) is 49.9 Å². The number of carbonyl (C=O) groups excluding carboxylic acids is 2. The second-order valence-corrected chi connectivity index (χ2v) is 8.46. The lowest BCUT2D eigenvalue weighted by Gasteiger charge is -2.26. The lowest BCUT2D eigenvalue weighted by molar-refractivity contribution is -0.134. The Kier molecular flexibility index (Phi) is 6.73. The van der Waals surface area contributed by atoms with Crippen LogP contribution >= 0.6 is 11.3 Å². The number of amides is 2. The molecule has 1 aliphatic heterocycles. The van der Waals surface area contributed by atoms with Gasteiger partial charge in [-0.2, -0.15) is 0 Å². The summed E-state index contributed by atoms with van der Waals surface area (Å²) in [5.74, 6) is 0.400. The molecule has 2 aromatic rings. The summed E-state index contributed by atoms with van der Waals surface area (Å²) < 4.78 is 5.88. The van der Waals surface area contributed by atoms with Crippen LogP contribution in [0.3, 0.4) is 0 Å². The summed E-state index contributed by atoms with van der Waals surface area (Å²) in [6, 6.07) is 11.9. The van der Waals surface area contributed by atoms with E-state index in [1.54, 1.807) is 11.9 Å². The highest BCUT2D eigenvalue weighted by Gasteiger charge is 2.24. The first-order valence-corrected chi connectivity index (χ1v) is 10.7. The van der Waals surface area contributed by atoms with Gasteiger partial charge in [0.1, 0.15) is 10.6 Å². The molecular formula is C22H28N2O3S. The van der Waals surface area contributed by atoms with Crippen LogP contribution in [0.5, 0.6) is 5.75 Å². The smallest absolute Gasteiger partial charge is 0.267 e. The van der Waals surface area contributed by atoms with Crippen molar-refractivity contribution >= 4 is 23.2 Å². The summed E-state index contributed by atoms with van der Waals surface area (Å²) in [7, 11) is 1.79. The van der Waals surface area contributed by atoms with E-state index in [1.807, 2.05) is 55.1 Å². The fraction of sp³-hybridized carbons (Fsp3) is 0.455. The van der Waals surface area contributed by atoms with Gasteiger partial charge in [-0.3, -0.25) is 9.59 Å². The van der Waals surface area contributed by atoms with Crippen LogP contribution < -0.4 is 4.74 Å². The number of hydrogen-bond donors (Lipinski definition) is 0. The van der Waals surface area contributed by atoms with Crippen molar-refractivity contribution in [2.24, 2.45) is 0 Å².